The van der Waals surface area contributed by atoms with Gasteiger partial charge in [0.1, 0.15) is 12.3 Å². The number of phenols is 1. The van der Waals surface area contributed by atoms with Gasteiger partial charge in [0.25, 0.3) is 0 Å². The van der Waals surface area contributed by atoms with E-state index in [-0.39, 0.29) is 5.75 Å². The molecule has 1 saturated carbocycles. The van der Waals surface area contributed by atoms with E-state index in [2.05, 4.69) is 5.32 Å². The van der Waals surface area contributed by atoms with E-state index >= 15 is 0 Å². The number of aromatic hydroxyl groups is 1. The molecule has 19 heavy (non-hydrogen) atoms. The third-order valence-electron chi connectivity index (χ3n) is 2.94. The number of carbonyl (C=O) groups excluding carboxylic acids is 1. The number of rotatable bonds is 5. The number of carboxylic acids is 1. The van der Waals surface area contributed by atoms with Crippen molar-refractivity contribution in [2.24, 2.45) is 5.92 Å². The van der Waals surface area contributed by atoms with Gasteiger partial charge >= 0.3 is 12.0 Å². The van der Waals surface area contributed by atoms with E-state index in [1.54, 1.807) is 0 Å². The van der Waals surface area contributed by atoms with E-state index in [4.69, 9.17) is 5.11 Å². The normalized spacial score (nSPS) is 13.9. The quantitative estimate of drug-likeness (QED) is 0.750. The van der Waals surface area contributed by atoms with E-state index in [9.17, 15) is 14.7 Å². The number of nitrogens with one attached hydrogen (secondary N) is 1. The minimum atomic E-state index is -1.09. The van der Waals surface area contributed by atoms with Crippen molar-refractivity contribution in [1.82, 2.24) is 5.32 Å². The Hall–Kier alpha value is -2.24. The fourth-order valence-corrected chi connectivity index (χ4v) is 1.70. The molecule has 1 aromatic carbocycles. The Morgan fingerprint density at radius 2 is 1.89 bits per heavy atom. The lowest BCUT2D eigenvalue weighted by Gasteiger charge is -2.21. The summed E-state index contributed by atoms with van der Waals surface area (Å²) < 4.78 is 0. The Morgan fingerprint density at radius 1 is 1.26 bits per heavy atom. The third kappa shape index (κ3) is 3.87. The molecule has 0 aromatic heterocycles. The summed E-state index contributed by atoms with van der Waals surface area (Å²) in [4.78, 5) is 24.0. The average Bonchev–Trinajstić information content (AvgIpc) is 3.18. The highest BCUT2D eigenvalue weighted by molar-refractivity contribution is 5.96. The first-order valence-corrected chi connectivity index (χ1v) is 6.12. The first-order chi connectivity index (χ1) is 9.06. The molecule has 0 unspecified atom stereocenters. The van der Waals surface area contributed by atoms with Gasteiger partial charge in [-0.3, -0.25) is 9.69 Å². The van der Waals surface area contributed by atoms with Gasteiger partial charge in [0.05, 0.1) is 0 Å². The molecule has 3 N–H and O–H groups in total. The smallest absolute Gasteiger partial charge is 0.323 e. The highest BCUT2D eigenvalue weighted by Crippen LogP contribution is 2.27. The zero-order chi connectivity index (χ0) is 13.8. The summed E-state index contributed by atoms with van der Waals surface area (Å²) in [5.74, 6) is -0.498. The topological polar surface area (TPSA) is 89.9 Å². The van der Waals surface area contributed by atoms with Gasteiger partial charge in [-0.25, -0.2) is 4.79 Å². The summed E-state index contributed by atoms with van der Waals surface area (Å²) in [6, 6.07) is 5.42. The van der Waals surface area contributed by atoms with Crippen molar-refractivity contribution in [1.29, 1.82) is 0 Å². The summed E-state index contributed by atoms with van der Waals surface area (Å²) in [7, 11) is 0. The van der Waals surface area contributed by atoms with Crippen LogP contribution < -0.4 is 10.2 Å². The largest absolute Gasteiger partial charge is 0.508 e. The lowest BCUT2D eigenvalue weighted by molar-refractivity contribution is -0.135. The summed E-state index contributed by atoms with van der Waals surface area (Å²) in [6.07, 6.45) is 2.22. The van der Waals surface area contributed by atoms with Crippen LogP contribution in [0.5, 0.6) is 5.75 Å². The molecule has 1 aromatic rings. The molecule has 2 rings (SSSR count). The third-order valence-corrected chi connectivity index (χ3v) is 2.94. The van der Waals surface area contributed by atoms with Gasteiger partial charge in [-0.15, -0.1) is 0 Å². The van der Waals surface area contributed by atoms with Gasteiger partial charge in [-0.05, 0) is 43.0 Å². The molecule has 102 valence electrons. The van der Waals surface area contributed by atoms with Crippen LogP contribution in [0.2, 0.25) is 0 Å². The van der Waals surface area contributed by atoms with Crippen molar-refractivity contribution < 1.29 is 19.8 Å². The molecular formula is C13H16N2O4. The summed E-state index contributed by atoms with van der Waals surface area (Å²) in [6.45, 7) is 0.161. The molecule has 0 radical (unpaired) electrons. The number of amides is 2. The molecule has 6 nitrogen and oxygen atoms in total. The van der Waals surface area contributed by atoms with Crippen LogP contribution in [-0.4, -0.2) is 35.3 Å². The second-order valence-corrected chi connectivity index (χ2v) is 4.63. The molecular weight excluding hydrogens is 248 g/mol. The van der Waals surface area contributed by atoms with E-state index in [0.29, 0.717) is 18.2 Å². The maximum absolute atomic E-state index is 12.0. The van der Waals surface area contributed by atoms with Crippen LogP contribution >= 0.6 is 0 Å². The van der Waals surface area contributed by atoms with Gasteiger partial charge in [-0.1, -0.05) is 0 Å². The Labute approximate surface area is 110 Å². The first kappa shape index (κ1) is 13.2. The molecule has 1 fully saturated rings. The number of carbonyl (C=O) groups is 2. The standard InChI is InChI=1S/C13H16N2O4/c16-11-5-3-10(4-6-11)15(8-12(17)18)13(19)14-7-9-1-2-9/h3-6,9,16H,1-2,7-8H2,(H,14,19)(H,17,18). The first-order valence-electron chi connectivity index (χ1n) is 6.12. The molecule has 0 heterocycles. The second-order valence-electron chi connectivity index (χ2n) is 4.63. The van der Waals surface area contributed by atoms with Crippen LogP contribution in [0.3, 0.4) is 0 Å². The van der Waals surface area contributed by atoms with Crippen molar-refractivity contribution in [2.75, 3.05) is 18.0 Å². The lowest BCUT2D eigenvalue weighted by Crippen LogP contribution is -2.43. The summed E-state index contributed by atoms with van der Waals surface area (Å²) >= 11 is 0. The molecule has 1 aliphatic carbocycles. The van der Waals surface area contributed by atoms with Crippen molar-refractivity contribution >= 4 is 17.7 Å². The number of nitrogens with zero attached hydrogens (tertiary/aromatic N) is 1. The SMILES string of the molecule is O=C(O)CN(C(=O)NCC1CC1)c1ccc(O)cc1. The molecule has 0 spiro atoms. The number of urea groups is 1. The average molecular weight is 264 g/mol. The van der Waals surface area contributed by atoms with E-state index < -0.39 is 18.5 Å². The number of phenolic OH excluding ortho intramolecular Hbond substituents is 1. The predicted molar refractivity (Wildman–Crippen MR) is 69.2 cm³/mol. The number of aliphatic carboxylic acids is 1. The zero-order valence-electron chi connectivity index (χ0n) is 10.4. The monoisotopic (exact) mass is 264 g/mol. The van der Waals surface area contributed by atoms with E-state index in [0.717, 1.165) is 17.7 Å². The van der Waals surface area contributed by atoms with Gasteiger partial charge in [0.15, 0.2) is 0 Å². The number of benzene rings is 1. The highest BCUT2D eigenvalue weighted by atomic mass is 16.4. The van der Waals surface area contributed by atoms with Crippen molar-refractivity contribution in [3.05, 3.63) is 24.3 Å². The molecule has 0 aliphatic heterocycles. The van der Waals surface area contributed by atoms with Crippen LogP contribution in [0.1, 0.15) is 12.8 Å². The predicted octanol–water partition coefficient (Wildman–Crippen LogP) is 1.40. The molecule has 2 amide bonds. The molecule has 1 aliphatic rings. The van der Waals surface area contributed by atoms with E-state index in [1.807, 2.05) is 0 Å². The maximum Gasteiger partial charge on any atom is 0.323 e. The van der Waals surface area contributed by atoms with Crippen molar-refractivity contribution in [3.63, 3.8) is 0 Å². The van der Waals surface area contributed by atoms with Gasteiger partial charge < -0.3 is 15.5 Å². The van der Waals surface area contributed by atoms with Crippen LogP contribution in [0.15, 0.2) is 24.3 Å². The van der Waals surface area contributed by atoms with Crippen molar-refractivity contribution in [3.8, 4) is 5.75 Å². The second kappa shape index (κ2) is 5.60. The molecule has 0 bridgehead atoms. The Bertz CT molecular complexity index is 468. The molecule has 0 saturated heterocycles. The number of hydrogen-bond acceptors (Lipinski definition) is 3. The van der Waals surface area contributed by atoms with Crippen LogP contribution in [0.4, 0.5) is 10.5 Å². The fraction of sp³-hybridized carbons (Fsp3) is 0.385. The minimum absolute atomic E-state index is 0.0670. The zero-order valence-corrected chi connectivity index (χ0v) is 10.4. The number of carboxylic acid groups (broad SMARTS) is 1. The highest BCUT2D eigenvalue weighted by Gasteiger charge is 2.24. The Kier molecular flexibility index (Phi) is 3.89. The van der Waals surface area contributed by atoms with Crippen LogP contribution in [-0.2, 0) is 4.79 Å². The van der Waals surface area contributed by atoms with Crippen LogP contribution in [0, 0.1) is 5.92 Å². The van der Waals surface area contributed by atoms with Gasteiger partial charge in [-0.2, -0.15) is 0 Å². The van der Waals surface area contributed by atoms with Gasteiger partial charge in [0.2, 0.25) is 0 Å². The fourth-order valence-electron chi connectivity index (χ4n) is 1.70. The Morgan fingerprint density at radius 3 is 2.42 bits per heavy atom. The Balaban J connectivity index is 2.06. The molecule has 0 atom stereocenters. The summed E-state index contributed by atoms with van der Waals surface area (Å²) in [5.41, 5.74) is 0.438. The van der Waals surface area contributed by atoms with Gasteiger partial charge in [0, 0.05) is 12.2 Å². The lowest BCUT2D eigenvalue weighted by atomic mass is 10.2. The number of hydrogen-bond donors (Lipinski definition) is 3. The minimum Gasteiger partial charge on any atom is -0.508 e. The van der Waals surface area contributed by atoms with Crippen LogP contribution in [0.25, 0.3) is 0 Å². The van der Waals surface area contributed by atoms with Crippen molar-refractivity contribution in [2.45, 2.75) is 12.8 Å². The molecule has 6 heteroatoms. The van der Waals surface area contributed by atoms with E-state index in [1.165, 1.54) is 24.3 Å². The summed E-state index contributed by atoms with van der Waals surface area (Å²) in [5, 5.41) is 20.8. The number of anilines is 1. The maximum atomic E-state index is 12.0.